The van der Waals surface area contributed by atoms with Gasteiger partial charge in [-0.1, -0.05) is 17.7 Å². The zero-order valence-electron chi connectivity index (χ0n) is 15.7. The monoisotopic (exact) mass is 388 g/mol. The number of methoxy groups -OCH3 is 1. The molecule has 0 atom stereocenters. The molecule has 1 aromatic carbocycles. The topological polar surface area (TPSA) is 57.7 Å². The molecule has 2 aromatic rings. The van der Waals surface area contributed by atoms with Gasteiger partial charge in [-0.2, -0.15) is 0 Å². The van der Waals surface area contributed by atoms with Crippen LogP contribution in [0.25, 0.3) is 0 Å². The molecule has 0 bridgehead atoms. The lowest BCUT2D eigenvalue weighted by molar-refractivity contribution is -0.117. The van der Waals surface area contributed by atoms with Crippen molar-refractivity contribution in [3.8, 4) is 5.75 Å². The van der Waals surface area contributed by atoms with Gasteiger partial charge in [-0.15, -0.1) is 0 Å². The van der Waals surface area contributed by atoms with Crippen LogP contribution in [0, 0.1) is 6.92 Å². The first-order chi connectivity index (χ1) is 13.0. The fraction of sp³-hybridized carbons (Fsp3) is 0.400. The van der Waals surface area contributed by atoms with Gasteiger partial charge in [-0.25, -0.2) is 0 Å². The van der Waals surface area contributed by atoms with Crippen LogP contribution in [-0.4, -0.2) is 60.5 Å². The van der Waals surface area contributed by atoms with Gasteiger partial charge in [0.2, 0.25) is 5.91 Å². The minimum atomic E-state index is -0.0652. The van der Waals surface area contributed by atoms with E-state index < -0.39 is 0 Å². The number of anilines is 1. The summed E-state index contributed by atoms with van der Waals surface area (Å²) >= 11 is 6.01. The zero-order valence-corrected chi connectivity index (χ0v) is 16.5. The van der Waals surface area contributed by atoms with E-state index in [0.717, 1.165) is 38.4 Å². The molecule has 1 saturated heterocycles. The molecule has 7 heteroatoms. The second-order valence-corrected chi connectivity index (χ2v) is 7.15. The van der Waals surface area contributed by atoms with Crippen molar-refractivity contribution in [1.29, 1.82) is 0 Å². The number of nitrogens with one attached hydrogen (secondary N) is 1. The van der Waals surface area contributed by atoms with E-state index in [2.05, 4.69) is 33.1 Å². The van der Waals surface area contributed by atoms with E-state index in [1.807, 2.05) is 12.3 Å². The highest BCUT2D eigenvalue weighted by atomic mass is 35.5. The van der Waals surface area contributed by atoms with Crippen molar-refractivity contribution in [3.63, 3.8) is 0 Å². The smallest absolute Gasteiger partial charge is 0.238 e. The molecule has 6 nitrogen and oxygen atoms in total. The minimum absolute atomic E-state index is 0.0652. The third-order valence-electron chi connectivity index (χ3n) is 4.76. The molecule has 27 heavy (non-hydrogen) atoms. The van der Waals surface area contributed by atoms with Crippen LogP contribution in [0.2, 0.25) is 5.02 Å². The molecular formula is C20H25ClN4O2. The number of ether oxygens (including phenoxy) is 1. The van der Waals surface area contributed by atoms with E-state index in [-0.39, 0.29) is 5.91 Å². The Labute approximate surface area is 165 Å². The highest BCUT2D eigenvalue weighted by Crippen LogP contribution is 2.27. The normalized spacial score (nSPS) is 15.5. The summed E-state index contributed by atoms with van der Waals surface area (Å²) in [5, 5.41) is 3.45. The van der Waals surface area contributed by atoms with Crippen LogP contribution in [0.4, 0.5) is 5.69 Å². The molecule has 1 aromatic heterocycles. The number of piperazine rings is 1. The van der Waals surface area contributed by atoms with Gasteiger partial charge < -0.3 is 10.1 Å². The van der Waals surface area contributed by atoms with Crippen LogP contribution in [0.15, 0.2) is 36.5 Å². The fourth-order valence-corrected chi connectivity index (χ4v) is 3.34. The van der Waals surface area contributed by atoms with Gasteiger partial charge in [-0.05, 0) is 36.8 Å². The predicted molar refractivity (Wildman–Crippen MR) is 107 cm³/mol. The summed E-state index contributed by atoms with van der Waals surface area (Å²) in [4.78, 5) is 21.4. The summed E-state index contributed by atoms with van der Waals surface area (Å²) in [6.07, 6.45) is 1.84. The zero-order chi connectivity index (χ0) is 19.2. The van der Waals surface area contributed by atoms with Gasteiger partial charge in [0.15, 0.2) is 0 Å². The van der Waals surface area contributed by atoms with Crippen molar-refractivity contribution < 1.29 is 9.53 Å². The van der Waals surface area contributed by atoms with Crippen LogP contribution >= 0.6 is 11.6 Å². The van der Waals surface area contributed by atoms with Crippen molar-refractivity contribution >= 4 is 23.2 Å². The lowest BCUT2D eigenvalue weighted by atomic mass is 10.2. The molecule has 0 spiro atoms. The maximum Gasteiger partial charge on any atom is 0.238 e. The predicted octanol–water partition coefficient (Wildman–Crippen LogP) is 2.81. The summed E-state index contributed by atoms with van der Waals surface area (Å²) in [7, 11) is 1.57. The maximum absolute atomic E-state index is 12.4. The molecular weight excluding hydrogens is 364 g/mol. The van der Waals surface area contributed by atoms with Crippen LogP contribution < -0.4 is 10.1 Å². The Bertz CT molecular complexity index is 791. The molecule has 0 saturated carbocycles. The third-order valence-corrected chi connectivity index (χ3v) is 4.99. The fourth-order valence-electron chi connectivity index (χ4n) is 3.17. The van der Waals surface area contributed by atoms with Gasteiger partial charge in [0.05, 0.1) is 25.0 Å². The van der Waals surface area contributed by atoms with Crippen LogP contribution in [0.1, 0.15) is 11.3 Å². The largest absolute Gasteiger partial charge is 0.495 e. The van der Waals surface area contributed by atoms with E-state index in [1.165, 1.54) is 5.56 Å². The Morgan fingerprint density at radius 2 is 1.96 bits per heavy atom. The Morgan fingerprint density at radius 1 is 1.22 bits per heavy atom. The number of nitrogens with zero attached hydrogens (tertiary/aromatic N) is 3. The molecule has 2 heterocycles. The Kier molecular flexibility index (Phi) is 6.66. The van der Waals surface area contributed by atoms with E-state index in [0.29, 0.717) is 23.0 Å². The average Bonchev–Trinajstić information content (AvgIpc) is 2.65. The number of pyridine rings is 1. The first-order valence-electron chi connectivity index (χ1n) is 9.04. The molecule has 0 aliphatic carbocycles. The summed E-state index contributed by atoms with van der Waals surface area (Å²) in [6.45, 7) is 6.84. The quantitative estimate of drug-likeness (QED) is 0.824. The molecule has 1 amide bonds. The van der Waals surface area contributed by atoms with E-state index in [9.17, 15) is 4.79 Å². The molecule has 1 aliphatic rings. The molecule has 1 N–H and O–H groups in total. The molecule has 0 unspecified atom stereocenters. The molecule has 0 radical (unpaired) electrons. The highest BCUT2D eigenvalue weighted by Gasteiger charge is 2.20. The molecule has 144 valence electrons. The van der Waals surface area contributed by atoms with Crippen molar-refractivity contribution in [3.05, 3.63) is 52.8 Å². The van der Waals surface area contributed by atoms with E-state index in [4.69, 9.17) is 16.3 Å². The number of hydrogen-bond acceptors (Lipinski definition) is 5. The third kappa shape index (κ3) is 5.42. The van der Waals surface area contributed by atoms with Crippen molar-refractivity contribution in [2.24, 2.45) is 0 Å². The lowest BCUT2D eigenvalue weighted by Crippen LogP contribution is -2.48. The second kappa shape index (κ2) is 9.17. The number of benzene rings is 1. The molecule has 3 rings (SSSR count). The summed E-state index contributed by atoms with van der Waals surface area (Å²) in [5.41, 5.74) is 2.94. The van der Waals surface area contributed by atoms with Gasteiger partial charge >= 0.3 is 0 Å². The molecule has 1 fully saturated rings. The van der Waals surface area contributed by atoms with Crippen molar-refractivity contribution in [2.45, 2.75) is 13.5 Å². The highest BCUT2D eigenvalue weighted by molar-refractivity contribution is 6.31. The minimum Gasteiger partial charge on any atom is -0.495 e. The lowest BCUT2D eigenvalue weighted by Gasteiger charge is -2.34. The maximum atomic E-state index is 12.4. The van der Waals surface area contributed by atoms with Crippen molar-refractivity contribution in [1.82, 2.24) is 14.8 Å². The summed E-state index contributed by atoms with van der Waals surface area (Å²) < 4.78 is 5.27. The van der Waals surface area contributed by atoms with Crippen LogP contribution in [0.5, 0.6) is 5.75 Å². The summed E-state index contributed by atoms with van der Waals surface area (Å²) in [5.74, 6) is 0.535. The van der Waals surface area contributed by atoms with E-state index in [1.54, 1.807) is 25.3 Å². The SMILES string of the molecule is COc1ccc(Cl)cc1NC(=O)CN1CCN(Cc2ncccc2C)CC1. The molecule has 1 aliphatic heterocycles. The van der Waals surface area contributed by atoms with Gasteiger partial charge in [0.25, 0.3) is 0 Å². The first-order valence-corrected chi connectivity index (χ1v) is 9.41. The van der Waals surface area contributed by atoms with Crippen LogP contribution in [0.3, 0.4) is 0 Å². The average molecular weight is 389 g/mol. The number of aromatic nitrogens is 1. The van der Waals surface area contributed by atoms with Crippen molar-refractivity contribution in [2.75, 3.05) is 45.2 Å². The number of halogens is 1. The number of hydrogen-bond donors (Lipinski definition) is 1. The number of carbonyl (C=O) groups excluding carboxylic acids is 1. The first kappa shape index (κ1) is 19.6. The summed E-state index contributed by atoms with van der Waals surface area (Å²) in [6, 6.07) is 9.23. The van der Waals surface area contributed by atoms with Gasteiger partial charge in [-0.3, -0.25) is 19.6 Å². The Balaban J connectivity index is 1.48. The van der Waals surface area contributed by atoms with Crippen LogP contribution in [-0.2, 0) is 11.3 Å². The Morgan fingerprint density at radius 3 is 2.67 bits per heavy atom. The Hall–Kier alpha value is -2.15. The number of rotatable bonds is 6. The standard InChI is InChI=1S/C20H25ClN4O2/c1-15-4-3-7-22-18(15)13-24-8-10-25(11-9-24)14-20(26)23-17-12-16(21)5-6-19(17)27-2/h3-7,12H,8-11,13-14H2,1-2H3,(H,23,26). The number of amides is 1. The second-order valence-electron chi connectivity index (χ2n) is 6.71. The number of carbonyl (C=O) groups is 1. The van der Waals surface area contributed by atoms with E-state index >= 15 is 0 Å². The van der Waals surface area contributed by atoms with Gasteiger partial charge in [0, 0.05) is 43.9 Å². The number of aryl methyl sites for hydroxylation is 1. The van der Waals surface area contributed by atoms with Gasteiger partial charge in [0.1, 0.15) is 5.75 Å².